The molecule has 0 aliphatic carbocycles. The highest BCUT2D eigenvalue weighted by molar-refractivity contribution is 7.93. The Labute approximate surface area is 142 Å². The molecule has 0 spiro atoms. The SMILES string of the molecule is COc1cc(C)c(NS(=O)(=O)c2cc(Cl)sc2Cl)cc1OC. The van der Waals surface area contributed by atoms with Gasteiger partial charge in [-0.25, -0.2) is 8.42 Å². The van der Waals surface area contributed by atoms with Gasteiger partial charge in [0.2, 0.25) is 0 Å². The van der Waals surface area contributed by atoms with E-state index in [1.807, 2.05) is 0 Å². The molecule has 9 heteroatoms. The maximum atomic E-state index is 12.4. The van der Waals surface area contributed by atoms with Gasteiger partial charge in [-0.15, -0.1) is 11.3 Å². The van der Waals surface area contributed by atoms with Crippen LogP contribution in [-0.4, -0.2) is 22.6 Å². The van der Waals surface area contributed by atoms with Crippen LogP contribution in [0.25, 0.3) is 0 Å². The molecule has 0 saturated heterocycles. The van der Waals surface area contributed by atoms with Crippen molar-refractivity contribution in [1.29, 1.82) is 0 Å². The van der Waals surface area contributed by atoms with Crippen molar-refractivity contribution in [3.8, 4) is 11.5 Å². The Hall–Kier alpha value is -1.15. The topological polar surface area (TPSA) is 64.6 Å². The molecule has 0 aliphatic heterocycles. The number of aryl methyl sites for hydroxylation is 1. The normalized spacial score (nSPS) is 11.3. The molecule has 0 atom stereocenters. The van der Waals surface area contributed by atoms with E-state index in [1.54, 1.807) is 19.1 Å². The summed E-state index contributed by atoms with van der Waals surface area (Å²) < 4.78 is 38.1. The number of nitrogens with one attached hydrogen (secondary N) is 1. The first-order chi connectivity index (χ1) is 10.3. The second kappa shape index (κ2) is 6.54. The van der Waals surface area contributed by atoms with Crippen molar-refractivity contribution in [3.63, 3.8) is 0 Å². The second-order valence-corrected chi connectivity index (χ2v) is 8.25. The average molecular weight is 382 g/mol. The Bertz CT molecular complexity index is 803. The molecule has 0 fully saturated rings. The van der Waals surface area contributed by atoms with Gasteiger partial charge in [-0.1, -0.05) is 23.2 Å². The lowest BCUT2D eigenvalue weighted by Gasteiger charge is -2.14. The zero-order valence-electron chi connectivity index (χ0n) is 11.9. The fraction of sp³-hybridized carbons (Fsp3) is 0.231. The molecule has 1 aromatic heterocycles. The molecule has 5 nitrogen and oxygen atoms in total. The van der Waals surface area contributed by atoms with Crippen LogP contribution >= 0.6 is 34.5 Å². The predicted molar refractivity (Wildman–Crippen MR) is 89.4 cm³/mol. The van der Waals surface area contributed by atoms with Crippen molar-refractivity contribution in [2.45, 2.75) is 11.8 Å². The van der Waals surface area contributed by atoms with E-state index in [2.05, 4.69) is 4.72 Å². The highest BCUT2D eigenvalue weighted by Gasteiger charge is 2.22. The fourth-order valence-corrected chi connectivity index (χ4v) is 5.07. The van der Waals surface area contributed by atoms with Crippen molar-refractivity contribution < 1.29 is 17.9 Å². The summed E-state index contributed by atoms with van der Waals surface area (Å²) >= 11 is 12.7. The molecule has 0 radical (unpaired) electrons. The summed E-state index contributed by atoms with van der Waals surface area (Å²) in [4.78, 5) is -0.0571. The minimum Gasteiger partial charge on any atom is -0.493 e. The lowest BCUT2D eigenvalue weighted by atomic mass is 10.2. The molecule has 0 saturated carbocycles. The molecule has 0 unspecified atom stereocenters. The lowest BCUT2D eigenvalue weighted by Crippen LogP contribution is -2.13. The van der Waals surface area contributed by atoms with Crippen LogP contribution in [0.2, 0.25) is 8.67 Å². The van der Waals surface area contributed by atoms with E-state index in [4.69, 9.17) is 32.7 Å². The van der Waals surface area contributed by atoms with E-state index in [-0.39, 0.29) is 9.23 Å². The third kappa shape index (κ3) is 3.43. The quantitative estimate of drug-likeness (QED) is 0.843. The highest BCUT2D eigenvalue weighted by atomic mass is 35.5. The zero-order valence-corrected chi connectivity index (χ0v) is 15.1. The predicted octanol–water partition coefficient (Wildman–Crippen LogP) is 4.18. The van der Waals surface area contributed by atoms with Gasteiger partial charge in [0.05, 0.1) is 24.2 Å². The van der Waals surface area contributed by atoms with Crippen LogP contribution < -0.4 is 14.2 Å². The molecular formula is C13H13Cl2NO4S2. The minimum absolute atomic E-state index is 0.0571. The standard InChI is InChI=1S/C13H13Cl2NO4S2/c1-7-4-9(19-2)10(20-3)5-8(7)16-22(17,18)11-6-12(14)21-13(11)15/h4-6,16H,1-3H3. The monoisotopic (exact) mass is 381 g/mol. The van der Waals surface area contributed by atoms with Crippen molar-refractivity contribution in [3.05, 3.63) is 32.4 Å². The van der Waals surface area contributed by atoms with E-state index in [0.29, 0.717) is 27.1 Å². The van der Waals surface area contributed by atoms with Gasteiger partial charge in [0, 0.05) is 6.07 Å². The van der Waals surface area contributed by atoms with Crippen LogP contribution in [0.15, 0.2) is 23.1 Å². The highest BCUT2D eigenvalue weighted by Crippen LogP contribution is 2.37. The Morgan fingerprint density at radius 2 is 1.68 bits per heavy atom. The molecule has 2 rings (SSSR count). The number of ether oxygens (including phenoxy) is 2. The first-order valence-electron chi connectivity index (χ1n) is 5.98. The Morgan fingerprint density at radius 1 is 1.09 bits per heavy atom. The molecule has 120 valence electrons. The summed E-state index contributed by atoms with van der Waals surface area (Å²) in [5.41, 5.74) is 1.05. The van der Waals surface area contributed by atoms with Crippen LogP contribution in [0.1, 0.15) is 5.56 Å². The molecule has 22 heavy (non-hydrogen) atoms. The summed E-state index contributed by atoms with van der Waals surface area (Å²) in [7, 11) is -0.861. The van der Waals surface area contributed by atoms with E-state index in [1.165, 1.54) is 20.3 Å². The molecule has 1 heterocycles. The summed E-state index contributed by atoms with van der Waals surface area (Å²) in [6.07, 6.45) is 0. The fourth-order valence-electron chi connectivity index (χ4n) is 1.80. The van der Waals surface area contributed by atoms with Crippen molar-refractivity contribution >= 4 is 50.2 Å². The van der Waals surface area contributed by atoms with Gasteiger partial charge < -0.3 is 9.47 Å². The van der Waals surface area contributed by atoms with Crippen molar-refractivity contribution in [2.24, 2.45) is 0 Å². The summed E-state index contributed by atoms with van der Waals surface area (Å²) in [5.74, 6) is 0.930. The lowest BCUT2D eigenvalue weighted by molar-refractivity contribution is 0.355. The van der Waals surface area contributed by atoms with Gasteiger partial charge in [0.25, 0.3) is 10.0 Å². The number of halogens is 2. The number of thiophene rings is 1. The van der Waals surface area contributed by atoms with Gasteiger partial charge in [-0.05, 0) is 24.6 Å². The van der Waals surface area contributed by atoms with E-state index in [0.717, 1.165) is 11.3 Å². The molecule has 0 amide bonds. The number of rotatable bonds is 5. The number of hydrogen-bond acceptors (Lipinski definition) is 5. The number of benzene rings is 1. The third-order valence-electron chi connectivity index (χ3n) is 2.89. The number of sulfonamides is 1. The largest absolute Gasteiger partial charge is 0.493 e. The van der Waals surface area contributed by atoms with Gasteiger partial charge >= 0.3 is 0 Å². The third-order valence-corrected chi connectivity index (χ3v) is 6.01. The molecule has 0 aliphatic rings. The number of methoxy groups -OCH3 is 2. The van der Waals surface area contributed by atoms with E-state index in [9.17, 15) is 8.42 Å². The molecule has 1 N–H and O–H groups in total. The van der Waals surface area contributed by atoms with Gasteiger partial charge in [-0.3, -0.25) is 4.72 Å². The first kappa shape index (κ1) is 17.2. The van der Waals surface area contributed by atoms with Crippen molar-refractivity contribution in [1.82, 2.24) is 0 Å². The van der Waals surface area contributed by atoms with Gasteiger partial charge in [-0.2, -0.15) is 0 Å². The summed E-state index contributed by atoms with van der Waals surface area (Å²) in [6.45, 7) is 1.75. The summed E-state index contributed by atoms with van der Waals surface area (Å²) in [6, 6.07) is 4.54. The average Bonchev–Trinajstić information content (AvgIpc) is 2.80. The minimum atomic E-state index is -3.84. The maximum Gasteiger partial charge on any atom is 0.264 e. The zero-order chi connectivity index (χ0) is 16.5. The van der Waals surface area contributed by atoms with Crippen LogP contribution in [0.5, 0.6) is 11.5 Å². The van der Waals surface area contributed by atoms with Crippen LogP contribution in [0.4, 0.5) is 5.69 Å². The van der Waals surface area contributed by atoms with Gasteiger partial charge in [0.1, 0.15) is 9.23 Å². The second-order valence-electron chi connectivity index (χ2n) is 4.32. The number of hydrogen-bond donors (Lipinski definition) is 1. The van der Waals surface area contributed by atoms with Crippen LogP contribution in [-0.2, 0) is 10.0 Å². The van der Waals surface area contributed by atoms with Gasteiger partial charge in [0.15, 0.2) is 11.5 Å². The van der Waals surface area contributed by atoms with Crippen LogP contribution in [0, 0.1) is 6.92 Å². The van der Waals surface area contributed by atoms with E-state index >= 15 is 0 Å². The maximum absolute atomic E-state index is 12.4. The number of anilines is 1. The Morgan fingerprint density at radius 3 is 2.18 bits per heavy atom. The summed E-state index contributed by atoms with van der Waals surface area (Å²) in [5, 5.41) is 0. The molecule has 0 bridgehead atoms. The van der Waals surface area contributed by atoms with Crippen molar-refractivity contribution in [2.75, 3.05) is 18.9 Å². The smallest absolute Gasteiger partial charge is 0.264 e. The molecule has 1 aromatic carbocycles. The molecule has 2 aromatic rings. The first-order valence-corrected chi connectivity index (χ1v) is 9.04. The Balaban J connectivity index is 2.44. The molecular weight excluding hydrogens is 369 g/mol. The van der Waals surface area contributed by atoms with Crippen LogP contribution in [0.3, 0.4) is 0 Å². The Kier molecular flexibility index (Phi) is 5.11. The van der Waals surface area contributed by atoms with E-state index < -0.39 is 10.0 Å².